The van der Waals surface area contributed by atoms with Crippen molar-refractivity contribution in [1.82, 2.24) is 9.88 Å². The maximum atomic E-state index is 11.2. The zero-order valence-corrected chi connectivity index (χ0v) is 10.2. The van der Waals surface area contributed by atoms with E-state index >= 15 is 0 Å². The second kappa shape index (κ2) is 6.45. The van der Waals surface area contributed by atoms with Gasteiger partial charge in [-0.1, -0.05) is 17.7 Å². The van der Waals surface area contributed by atoms with Gasteiger partial charge >= 0.3 is 5.97 Å². The maximum Gasteiger partial charge on any atom is 0.320 e. The van der Waals surface area contributed by atoms with Gasteiger partial charge in [-0.3, -0.25) is 9.69 Å². The SMILES string of the molecule is CCOC(=O)CN(C)Cc1cccc(Cl)n1. The maximum absolute atomic E-state index is 11.2. The van der Waals surface area contributed by atoms with Crippen molar-refractivity contribution in [2.75, 3.05) is 20.2 Å². The lowest BCUT2D eigenvalue weighted by molar-refractivity contribution is -0.144. The van der Waals surface area contributed by atoms with E-state index in [0.29, 0.717) is 18.3 Å². The third kappa shape index (κ3) is 4.59. The molecule has 0 saturated heterocycles. The van der Waals surface area contributed by atoms with Crippen molar-refractivity contribution in [2.24, 2.45) is 0 Å². The van der Waals surface area contributed by atoms with Crippen molar-refractivity contribution in [3.8, 4) is 0 Å². The van der Waals surface area contributed by atoms with Crippen molar-refractivity contribution in [3.05, 3.63) is 29.0 Å². The van der Waals surface area contributed by atoms with Gasteiger partial charge in [0.25, 0.3) is 0 Å². The Kier molecular flexibility index (Phi) is 5.22. The Balaban J connectivity index is 2.45. The van der Waals surface area contributed by atoms with Crippen molar-refractivity contribution in [2.45, 2.75) is 13.5 Å². The summed E-state index contributed by atoms with van der Waals surface area (Å²) in [5.41, 5.74) is 0.833. The Morgan fingerprint density at radius 1 is 1.56 bits per heavy atom. The molecule has 0 fully saturated rings. The summed E-state index contributed by atoms with van der Waals surface area (Å²) in [4.78, 5) is 17.2. The van der Waals surface area contributed by atoms with Gasteiger partial charge in [-0.05, 0) is 26.1 Å². The van der Waals surface area contributed by atoms with Gasteiger partial charge in [-0.15, -0.1) is 0 Å². The quantitative estimate of drug-likeness (QED) is 0.583. The lowest BCUT2D eigenvalue weighted by Gasteiger charge is -2.14. The average Bonchev–Trinajstić information content (AvgIpc) is 2.17. The van der Waals surface area contributed by atoms with E-state index in [1.54, 1.807) is 13.0 Å². The van der Waals surface area contributed by atoms with E-state index in [9.17, 15) is 4.79 Å². The van der Waals surface area contributed by atoms with Crippen LogP contribution >= 0.6 is 11.6 Å². The van der Waals surface area contributed by atoms with Crippen LogP contribution in [0.2, 0.25) is 5.15 Å². The molecule has 0 spiro atoms. The van der Waals surface area contributed by atoms with E-state index in [4.69, 9.17) is 16.3 Å². The molecular formula is C11H15ClN2O2. The number of hydrogen-bond acceptors (Lipinski definition) is 4. The van der Waals surface area contributed by atoms with Gasteiger partial charge in [0.2, 0.25) is 0 Å². The molecule has 5 heteroatoms. The Bertz CT molecular complexity index is 358. The van der Waals surface area contributed by atoms with E-state index in [0.717, 1.165) is 5.69 Å². The van der Waals surface area contributed by atoms with Gasteiger partial charge in [-0.2, -0.15) is 0 Å². The van der Waals surface area contributed by atoms with Gasteiger partial charge in [-0.25, -0.2) is 4.98 Å². The lowest BCUT2D eigenvalue weighted by atomic mass is 10.3. The standard InChI is InChI=1S/C11H15ClN2O2/c1-3-16-11(15)8-14(2)7-9-5-4-6-10(12)13-9/h4-6H,3,7-8H2,1-2H3. The highest BCUT2D eigenvalue weighted by Gasteiger charge is 2.08. The fourth-order valence-corrected chi connectivity index (χ4v) is 1.48. The lowest BCUT2D eigenvalue weighted by Crippen LogP contribution is -2.27. The van der Waals surface area contributed by atoms with Gasteiger partial charge in [0, 0.05) is 6.54 Å². The fraction of sp³-hybridized carbons (Fsp3) is 0.455. The molecule has 88 valence electrons. The molecule has 0 aliphatic rings. The topological polar surface area (TPSA) is 42.4 Å². The molecule has 1 heterocycles. The van der Waals surface area contributed by atoms with Gasteiger partial charge in [0.1, 0.15) is 5.15 Å². The molecule has 0 radical (unpaired) electrons. The first-order valence-corrected chi connectivity index (χ1v) is 5.45. The Morgan fingerprint density at radius 2 is 2.31 bits per heavy atom. The van der Waals surface area contributed by atoms with Crippen molar-refractivity contribution in [3.63, 3.8) is 0 Å². The minimum atomic E-state index is -0.230. The Labute approximate surface area is 100 Å². The van der Waals surface area contributed by atoms with Gasteiger partial charge in [0.05, 0.1) is 18.8 Å². The molecule has 0 saturated carbocycles. The van der Waals surface area contributed by atoms with Crippen LogP contribution in [0.1, 0.15) is 12.6 Å². The molecular weight excluding hydrogens is 228 g/mol. The average molecular weight is 243 g/mol. The summed E-state index contributed by atoms with van der Waals surface area (Å²) in [6.07, 6.45) is 0. The summed E-state index contributed by atoms with van der Waals surface area (Å²) < 4.78 is 4.85. The zero-order chi connectivity index (χ0) is 12.0. The summed E-state index contributed by atoms with van der Waals surface area (Å²) in [7, 11) is 1.83. The van der Waals surface area contributed by atoms with Crippen LogP contribution in [0.25, 0.3) is 0 Å². The smallest absolute Gasteiger partial charge is 0.320 e. The molecule has 16 heavy (non-hydrogen) atoms. The number of likely N-dealkylation sites (N-methyl/N-ethyl adjacent to an activating group) is 1. The molecule has 0 amide bonds. The highest BCUT2D eigenvalue weighted by molar-refractivity contribution is 6.29. The zero-order valence-electron chi connectivity index (χ0n) is 9.44. The van der Waals surface area contributed by atoms with E-state index in [1.165, 1.54) is 0 Å². The number of pyridine rings is 1. The Hall–Kier alpha value is -1.13. The first kappa shape index (κ1) is 12.9. The summed E-state index contributed by atoms with van der Waals surface area (Å²) >= 11 is 5.76. The monoisotopic (exact) mass is 242 g/mol. The number of halogens is 1. The van der Waals surface area contributed by atoms with Crippen molar-refractivity contribution in [1.29, 1.82) is 0 Å². The number of ether oxygens (including phenoxy) is 1. The number of aromatic nitrogens is 1. The van der Waals surface area contributed by atoms with E-state index in [1.807, 2.05) is 24.1 Å². The normalized spacial score (nSPS) is 10.5. The first-order chi connectivity index (χ1) is 7.61. The molecule has 0 N–H and O–H groups in total. The minimum Gasteiger partial charge on any atom is -0.465 e. The molecule has 0 atom stereocenters. The molecule has 1 aromatic heterocycles. The summed E-state index contributed by atoms with van der Waals surface area (Å²) in [6, 6.07) is 5.42. The number of rotatable bonds is 5. The summed E-state index contributed by atoms with van der Waals surface area (Å²) in [6.45, 7) is 3.01. The van der Waals surface area contributed by atoms with Crippen LogP contribution in [0.5, 0.6) is 0 Å². The van der Waals surface area contributed by atoms with Gasteiger partial charge < -0.3 is 4.74 Å². The van der Waals surface area contributed by atoms with Crippen molar-refractivity contribution < 1.29 is 9.53 Å². The largest absolute Gasteiger partial charge is 0.465 e. The molecule has 0 aromatic carbocycles. The number of carbonyl (C=O) groups is 1. The first-order valence-electron chi connectivity index (χ1n) is 5.07. The Morgan fingerprint density at radius 3 is 2.94 bits per heavy atom. The van der Waals surface area contributed by atoms with Crippen LogP contribution in [0, 0.1) is 0 Å². The van der Waals surface area contributed by atoms with Crippen LogP contribution in [-0.4, -0.2) is 36.1 Å². The molecule has 0 aliphatic carbocycles. The molecule has 1 rings (SSSR count). The van der Waals surface area contributed by atoms with Gasteiger partial charge in [0.15, 0.2) is 0 Å². The van der Waals surface area contributed by atoms with E-state index in [2.05, 4.69) is 4.98 Å². The number of nitrogens with zero attached hydrogens (tertiary/aromatic N) is 2. The van der Waals surface area contributed by atoms with Crippen molar-refractivity contribution >= 4 is 17.6 Å². The predicted molar refractivity (Wildman–Crippen MR) is 62.2 cm³/mol. The second-order valence-corrected chi connectivity index (χ2v) is 3.82. The predicted octanol–water partition coefficient (Wildman–Crippen LogP) is 1.73. The molecule has 0 unspecified atom stereocenters. The van der Waals surface area contributed by atoms with E-state index in [-0.39, 0.29) is 12.5 Å². The summed E-state index contributed by atoms with van der Waals surface area (Å²) in [5, 5.41) is 0.460. The number of esters is 1. The van der Waals surface area contributed by atoms with Crippen LogP contribution in [-0.2, 0) is 16.1 Å². The molecule has 0 bridgehead atoms. The van der Waals surface area contributed by atoms with Crippen LogP contribution in [0.4, 0.5) is 0 Å². The minimum absolute atomic E-state index is 0.230. The molecule has 0 aliphatic heterocycles. The second-order valence-electron chi connectivity index (χ2n) is 3.43. The van der Waals surface area contributed by atoms with E-state index < -0.39 is 0 Å². The number of hydrogen-bond donors (Lipinski definition) is 0. The highest BCUT2D eigenvalue weighted by Crippen LogP contribution is 2.06. The molecule has 1 aromatic rings. The van der Waals surface area contributed by atoms with Crippen LogP contribution < -0.4 is 0 Å². The summed E-state index contributed by atoms with van der Waals surface area (Å²) in [5.74, 6) is -0.230. The van der Waals surface area contributed by atoms with Crippen LogP contribution in [0.15, 0.2) is 18.2 Å². The highest BCUT2D eigenvalue weighted by atomic mass is 35.5. The third-order valence-corrected chi connectivity index (χ3v) is 2.12. The van der Waals surface area contributed by atoms with Crippen LogP contribution in [0.3, 0.4) is 0 Å². The molecule has 4 nitrogen and oxygen atoms in total. The fourth-order valence-electron chi connectivity index (χ4n) is 1.30. The number of carbonyl (C=O) groups excluding carboxylic acids is 1. The third-order valence-electron chi connectivity index (χ3n) is 1.91.